The molecular formula is C10H11ClN2. The predicted molar refractivity (Wildman–Crippen MR) is 55.1 cm³/mol. The minimum atomic E-state index is 0.331. The van der Waals surface area contributed by atoms with Crippen LogP contribution in [-0.4, -0.2) is 5.71 Å². The molecule has 0 aliphatic carbocycles. The molecule has 1 unspecified atom stereocenters. The molecule has 0 radical (unpaired) electrons. The van der Waals surface area contributed by atoms with Gasteiger partial charge in [-0.05, 0) is 24.6 Å². The van der Waals surface area contributed by atoms with E-state index in [1.54, 1.807) is 0 Å². The summed E-state index contributed by atoms with van der Waals surface area (Å²) >= 11 is 5.80. The summed E-state index contributed by atoms with van der Waals surface area (Å²) in [5.41, 5.74) is 5.48. The molecule has 1 aromatic rings. The summed E-state index contributed by atoms with van der Waals surface area (Å²) in [7, 11) is 0. The maximum atomic E-state index is 5.80. The second kappa shape index (κ2) is 3.38. The molecule has 0 saturated carbocycles. The van der Waals surface area contributed by atoms with E-state index in [0.717, 1.165) is 17.2 Å². The molecule has 68 valence electrons. The van der Waals surface area contributed by atoms with E-state index in [2.05, 4.69) is 10.5 Å². The van der Waals surface area contributed by atoms with Gasteiger partial charge < -0.3 is 5.43 Å². The van der Waals surface area contributed by atoms with Gasteiger partial charge in [0.05, 0.1) is 6.04 Å². The Labute approximate surface area is 82.6 Å². The Morgan fingerprint density at radius 1 is 1.38 bits per heavy atom. The summed E-state index contributed by atoms with van der Waals surface area (Å²) in [6.45, 7) is 2.03. The lowest BCUT2D eigenvalue weighted by Crippen LogP contribution is -2.09. The van der Waals surface area contributed by atoms with Gasteiger partial charge >= 0.3 is 0 Å². The number of hydrazone groups is 1. The Hall–Kier alpha value is -1.02. The number of nitrogens with zero attached hydrogens (tertiary/aromatic N) is 1. The first kappa shape index (κ1) is 8.57. The highest BCUT2D eigenvalue weighted by Gasteiger charge is 2.16. The fraction of sp³-hybridized carbons (Fsp3) is 0.300. The van der Waals surface area contributed by atoms with Gasteiger partial charge in [0, 0.05) is 17.2 Å². The lowest BCUT2D eigenvalue weighted by molar-refractivity contribution is 0.620. The molecule has 0 aromatic heterocycles. The number of rotatable bonds is 1. The molecule has 1 N–H and O–H groups in total. The zero-order valence-corrected chi connectivity index (χ0v) is 8.17. The summed E-state index contributed by atoms with van der Waals surface area (Å²) in [6.07, 6.45) is 0.988. The van der Waals surface area contributed by atoms with Gasteiger partial charge in [-0.1, -0.05) is 23.7 Å². The average molecular weight is 195 g/mol. The van der Waals surface area contributed by atoms with Gasteiger partial charge in [0.15, 0.2) is 0 Å². The fourth-order valence-corrected chi connectivity index (χ4v) is 1.59. The summed E-state index contributed by atoms with van der Waals surface area (Å²) in [5, 5.41) is 4.93. The maximum absolute atomic E-state index is 5.80. The molecule has 0 bridgehead atoms. The lowest BCUT2D eigenvalue weighted by Gasteiger charge is -2.09. The molecule has 1 atom stereocenters. The van der Waals surface area contributed by atoms with Gasteiger partial charge in [-0.25, -0.2) is 0 Å². The van der Waals surface area contributed by atoms with Crippen LogP contribution in [0.2, 0.25) is 5.02 Å². The van der Waals surface area contributed by atoms with Crippen LogP contribution >= 0.6 is 11.6 Å². The van der Waals surface area contributed by atoms with E-state index in [9.17, 15) is 0 Å². The van der Waals surface area contributed by atoms with Crippen molar-refractivity contribution < 1.29 is 0 Å². The van der Waals surface area contributed by atoms with Crippen molar-refractivity contribution in [3.05, 3.63) is 34.9 Å². The lowest BCUT2D eigenvalue weighted by atomic mass is 10.0. The predicted octanol–water partition coefficient (Wildman–Crippen LogP) is 2.75. The van der Waals surface area contributed by atoms with E-state index in [1.807, 2.05) is 31.2 Å². The van der Waals surface area contributed by atoms with Crippen LogP contribution < -0.4 is 5.43 Å². The summed E-state index contributed by atoms with van der Waals surface area (Å²) < 4.78 is 0. The first-order valence-corrected chi connectivity index (χ1v) is 4.67. The van der Waals surface area contributed by atoms with Gasteiger partial charge in [-0.2, -0.15) is 5.10 Å². The Morgan fingerprint density at radius 3 is 2.62 bits per heavy atom. The van der Waals surface area contributed by atoms with E-state index in [0.29, 0.717) is 6.04 Å². The molecule has 1 aliphatic rings. The normalized spacial score (nSPS) is 21.1. The van der Waals surface area contributed by atoms with Gasteiger partial charge in [0.25, 0.3) is 0 Å². The maximum Gasteiger partial charge on any atom is 0.0742 e. The highest BCUT2D eigenvalue weighted by molar-refractivity contribution is 6.30. The first-order chi connectivity index (χ1) is 6.25. The second-order valence-electron chi connectivity index (χ2n) is 3.28. The van der Waals surface area contributed by atoms with Crippen molar-refractivity contribution in [2.45, 2.75) is 19.4 Å². The van der Waals surface area contributed by atoms with E-state index in [-0.39, 0.29) is 0 Å². The summed E-state index contributed by atoms with van der Waals surface area (Å²) in [5.74, 6) is 0. The van der Waals surface area contributed by atoms with Crippen molar-refractivity contribution in [3.63, 3.8) is 0 Å². The molecule has 0 amide bonds. The van der Waals surface area contributed by atoms with E-state index < -0.39 is 0 Å². The minimum Gasteiger partial charge on any atom is -0.302 e. The molecule has 0 saturated heterocycles. The van der Waals surface area contributed by atoms with Crippen molar-refractivity contribution in [2.75, 3.05) is 0 Å². The number of nitrogens with one attached hydrogen (secondary N) is 1. The molecule has 1 heterocycles. The van der Waals surface area contributed by atoms with E-state index in [4.69, 9.17) is 11.6 Å². The number of hydrogen-bond donors (Lipinski definition) is 1. The second-order valence-corrected chi connectivity index (χ2v) is 3.72. The third kappa shape index (κ3) is 1.83. The smallest absolute Gasteiger partial charge is 0.0742 e. The van der Waals surface area contributed by atoms with Crippen LogP contribution in [0.1, 0.15) is 24.9 Å². The largest absolute Gasteiger partial charge is 0.302 e. The third-order valence-corrected chi connectivity index (χ3v) is 2.44. The van der Waals surface area contributed by atoms with Crippen LogP contribution in [0, 0.1) is 0 Å². The van der Waals surface area contributed by atoms with Crippen LogP contribution in [0.4, 0.5) is 0 Å². The molecular weight excluding hydrogens is 184 g/mol. The first-order valence-electron chi connectivity index (χ1n) is 4.30. The van der Waals surface area contributed by atoms with Gasteiger partial charge in [0.2, 0.25) is 0 Å². The van der Waals surface area contributed by atoms with Crippen molar-refractivity contribution >= 4 is 17.3 Å². The molecule has 1 aromatic carbocycles. The highest BCUT2D eigenvalue weighted by Crippen LogP contribution is 2.22. The van der Waals surface area contributed by atoms with Gasteiger partial charge in [-0.3, -0.25) is 0 Å². The van der Waals surface area contributed by atoms with Crippen LogP contribution in [-0.2, 0) is 0 Å². The summed E-state index contributed by atoms with van der Waals surface area (Å²) in [6, 6.07) is 8.22. The average Bonchev–Trinajstić information content (AvgIpc) is 2.53. The van der Waals surface area contributed by atoms with Crippen LogP contribution in [0.3, 0.4) is 0 Å². The highest BCUT2D eigenvalue weighted by atomic mass is 35.5. The Bertz CT molecular complexity index is 329. The standard InChI is InChI=1S/C10H11ClN2/c1-7-6-10(13-12-7)8-2-4-9(11)5-3-8/h2-5,10,13H,6H2,1H3. The number of halogens is 1. The molecule has 3 heteroatoms. The Balaban J connectivity index is 2.14. The monoisotopic (exact) mass is 194 g/mol. The van der Waals surface area contributed by atoms with E-state index >= 15 is 0 Å². The SMILES string of the molecule is CC1=NNC(c2ccc(Cl)cc2)C1. The third-order valence-electron chi connectivity index (χ3n) is 2.18. The summed E-state index contributed by atoms with van der Waals surface area (Å²) in [4.78, 5) is 0. The van der Waals surface area contributed by atoms with Crippen molar-refractivity contribution in [2.24, 2.45) is 5.10 Å². The molecule has 13 heavy (non-hydrogen) atoms. The zero-order valence-electron chi connectivity index (χ0n) is 7.42. The van der Waals surface area contributed by atoms with Gasteiger partial charge in [0.1, 0.15) is 0 Å². The van der Waals surface area contributed by atoms with Crippen LogP contribution in [0.5, 0.6) is 0 Å². The van der Waals surface area contributed by atoms with Crippen molar-refractivity contribution in [1.82, 2.24) is 5.43 Å². The topological polar surface area (TPSA) is 24.4 Å². The molecule has 2 nitrogen and oxygen atoms in total. The van der Waals surface area contributed by atoms with Crippen LogP contribution in [0.25, 0.3) is 0 Å². The molecule has 0 spiro atoms. The fourth-order valence-electron chi connectivity index (χ4n) is 1.46. The Kier molecular flexibility index (Phi) is 2.23. The van der Waals surface area contributed by atoms with Crippen LogP contribution in [0.15, 0.2) is 29.4 Å². The number of hydrogen-bond acceptors (Lipinski definition) is 2. The number of benzene rings is 1. The quantitative estimate of drug-likeness (QED) is 0.731. The Morgan fingerprint density at radius 2 is 2.08 bits per heavy atom. The van der Waals surface area contributed by atoms with Crippen molar-refractivity contribution in [3.8, 4) is 0 Å². The minimum absolute atomic E-state index is 0.331. The zero-order chi connectivity index (χ0) is 9.26. The molecule has 2 rings (SSSR count). The molecule has 1 aliphatic heterocycles. The van der Waals surface area contributed by atoms with Crippen molar-refractivity contribution in [1.29, 1.82) is 0 Å². The van der Waals surface area contributed by atoms with Gasteiger partial charge in [-0.15, -0.1) is 0 Å². The molecule has 0 fully saturated rings. The van der Waals surface area contributed by atoms with E-state index in [1.165, 1.54) is 5.56 Å².